The van der Waals surface area contributed by atoms with E-state index in [0.29, 0.717) is 12.8 Å². The van der Waals surface area contributed by atoms with Gasteiger partial charge in [-0.3, -0.25) is 9.59 Å². The fourth-order valence-electron chi connectivity index (χ4n) is 7.55. The largest absolute Gasteiger partial charge is 0.462 e. The van der Waals surface area contributed by atoms with Crippen LogP contribution >= 0.6 is 0 Å². The van der Waals surface area contributed by atoms with Gasteiger partial charge in [0.2, 0.25) is 0 Å². The zero-order valence-electron chi connectivity index (χ0n) is 39.3. The summed E-state index contributed by atoms with van der Waals surface area (Å²) in [5.74, 6) is -0.578. The first-order valence-electron chi connectivity index (χ1n) is 25.7. The van der Waals surface area contributed by atoms with Crippen molar-refractivity contribution in [3.63, 3.8) is 0 Å². The molecule has 5 nitrogen and oxygen atoms in total. The highest BCUT2D eigenvalue weighted by atomic mass is 16.6. The van der Waals surface area contributed by atoms with E-state index < -0.39 is 6.10 Å². The average Bonchev–Trinajstić information content (AvgIpc) is 3.24. The van der Waals surface area contributed by atoms with Crippen molar-refractivity contribution in [2.45, 2.75) is 270 Å². The Morgan fingerprint density at radius 1 is 0.407 bits per heavy atom. The number of hydrogen-bond acceptors (Lipinski definition) is 5. The summed E-state index contributed by atoms with van der Waals surface area (Å²) in [5, 5.41) is 9.63. The lowest BCUT2D eigenvalue weighted by molar-refractivity contribution is -0.161. The molecule has 0 rings (SSSR count). The highest BCUT2D eigenvalue weighted by Crippen LogP contribution is 2.16. The highest BCUT2D eigenvalue weighted by molar-refractivity contribution is 5.70. The Kier molecular flexibility index (Phi) is 48.4. The van der Waals surface area contributed by atoms with E-state index in [4.69, 9.17) is 9.47 Å². The van der Waals surface area contributed by atoms with Crippen molar-refractivity contribution in [3.8, 4) is 0 Å². The third-order valence-electron chi connectivity index (χ3n) is 11.4. The van der Waals surface area contributed by atoms with E-state index in [-0.39, 0.29) is 25.2 Å². The number of carbonyl (C=O) groups is 2. The van der Waals surface area contributed by atoms with Gasteiger partial charge in [0.1, 0.15) is 6.61 Å². The fourth-order valence-corrected chi connectivity index (χ4v) is 7.55. The van der Waals surface area contributed by atoms with Crippen LogP contribution in [0.4, 0.5) is 0 Å². The van der Waals surface area contributed by atoms with Gasteiger partial charge >= 0.3 is 11.9 Å². The molecule has 1 atom stereocenters. The molecule has 0 aliphatic carbocycles. The molecule has 0 spiro atoms. The topological polar surface area (TPSA) is 72.8 Å². The van der Waals surface area contributed by atoms with E-state index >= 15 is 0 Å². The minimum atomic E-state index is -0.770. The van der Waals surface area contributed by atoms with Crippen LogP contribution in [0, 0.1) is 0 Å². The van der Waals surface area contributed by atoms with Crippen molar-refractivity contribution in [3.05, 3.63) is 48.6 Å². The van der Waals surface area contributed by atoms with Crippen molar-refractivity contribution >= 4 is 11.9 Å². The van der Waals surface area contributed by atoms with Crippen LogP contribution in [0.15, 0.2) is 48.6 Å². The number of unbranched alkanes of at least 4 members (excludes halogenated alkanes) is 31. The molecule has 344 valence electrons. The summed E-state index contributed by atoms with van der Waals surface area (Å²) in [6.07, 6.45) is 64.9. The molecule has 0 aliphatic rings. The monoisotopic (exact) mass is 827 g/mol. The lowest BCUT2D eigenvalue weighted by atomic mass is 10.0. The Bertz CT molecular complexity index is 981. The third kappa shape index (κ3) is 48.4. The molecule has 0 aliphatic heterocycles. The third-order valence-corrected chi connectivity index (χ3v) is 11.4. The zero-order valence-corrected chi connectivity index (χ0v) is 39.3. The van der Waals surface area contributed by atoms with Gasteiger partial charge in [0, 0.05) is 12.8 Å². The second-order valence-electron chi connectivity index (χ2n) is 17.2. The molecule has 0 saturated heterocycles. The Morgan fingerprint density at radius 2 is 0.729 bits per heavy atom. The van der Waals surface area contributed by atoms with Gasteiger partial charge in [0.25, 0.3) is 0 Å². The average molecular weight is 827 g/mol. The zero-order chi connectivity index (χ0) is 42.8. The van der Waals surface area contributed by atoms with Gasteiger partial charge in [-0.2, -0.15) is 0 Å². The van der Waals surface area contributed by atoms with Crippen molar-refractivity contribution < 1.29 is 24.2 Å². The molecule has 0 amide bonds. The minimum Gasteiger partial charge on any atom is -0.462 e. The molecule has 0 heterocycles. The first-order chi connectivity index (χ1) is 29.1. The van der Waals surface area contributed by atoms with Gasteiger partial charge in [0.05, 0.1) is 6.61 Å². The number of allylic oxidation sites excluding steroid dienone is 8. The van der Waals surface area contributed by atoms with Crippen molar-refractivity contribution in [1.29, 1.82) is 0 Å². The predicted molar refractivity (Wildman–Crippen MR) is 256 cm³/mol. The van der Waals surface area contributed by atoms with Gasteiger partial charge in [-0.1, -0.05) is 249 Å². The van der Waals surface area contributed by atoms with Crippen LogP contribution in [0.2, 0.25) is 0 Å². The van der Waals surface area contributed by atoms with Crippen molar-refractivity contribution in [2.24, 2.45) is 0 Å². The van der Waals surface area contributed by atoms with Gasteiger partial charge in [-0.15, -0.1) is 0 Å². The van der Waals surface area contributed by atoms with Crippen LogP contribution in [0.5, 0.6) is 0 Å². The predicted octanol–water partition coefficient (Wildman–Crippen LogP) is 16.9. The van der Waals surface area contributed by atoms with Crippen LogP contribution in [0.25, 0.3) is 0 Å². The lowest BCUT2D eigenvalue weighted by Gasteiger charge is -2.15. The summed E-state index contributed by atoms with van der Waals surface area (Å²) >= 11 is 0. The summed E-state index contributed by atoms with van der Waals surface area (Å²) in [7, 11) is 0. The molecule has 0 bridgehead atoms. The Morgan fingerprint density at radius 3 is 1.10 bits per heavy atom. The van der Waals surface area contributed by atoms with Crippen LogP contribution in [0.3, 0.4) is 0 Å². The van der Waals surface area contributed by atoms with E-state index in [0.717, 1.165) is 64.2 Å². The second-order valence-corrected chi connectivity index (χ2v) is 17.2. The quantitative estimate of drug-likeness (QED) is 0.0376. The van der Waals surface area contributed by atoms with Crippen molar-refractivity contribution in [1.82, 2.24) is 0 Å². The number of rotatable bonds is 47. The number of esters is 2. The maximum Gasteiger partial charge on any atom is 0.306 e. The second kappa shape index (κ2) is 50.2. The maximum atomic E-state index is 12.3. The summed E-state index contributed by atoms with van der Waals surface area (Å²) < 4.78 is 10.7. The smallest absolute Gasteiger partial charge is 0.306 e. The maximum absolute atomic E-state index is 12.3. The highest BCUT2D eigenvalue weighted by Gasteiger charge is 2.16. The molecular formula is C54H98O5. The number of aliphatic hydroxyl groups excluding tert-OH is 1. The first kappa shape index (κ1) is 56.9. The molecule has 1 N–H and O–H groups in total. The van der Waals surface area contributed by atoms with Crippen LogP contribution in [0.1, 0.15) is 264 Å². The van der Waals surface area contributed by atoms with Crippen LogP contribution in [-0.2, 0) is 19.1 Å². The lowest BCUT2D eigenvalue weighted by Crippen LogP contribution is -2.28. The van der Waals surface area contributed by atoms with Gasteiger partial charge < -0.3 is 14.6 Å². The molecule has 1 unspecified atom stereocenters. The summed E-state index contributed by atoms with van der Waals surface area (Å²) in [4.78, 5) is 24.4. The Balaban J connectivity index is 3.47. The molecule has 0 fully saturated rings. The van der Waals surface area contributed by atoms with E-state index in [1.165, 1.54) is 173 Å². The molecule has 0 aromatic rings. The molecule has 59 heavy (non-hydrogen) atoms. The van der Waals surface area contributed by atoms with Crippen molar-refractivity contribution in [2.75, 3.05) is 13.2 Å². The molecular weight excluding hydrogens is 729 g/mol. The van der Waals surface area contributed by atoms with E-state index in [1.807, 2.05) is 0 Å². The van der Waals surface area contributed by atoms with Crippen LogP contribution < -0.4 is 0 Å². The van der Waals surface area contributed by atoms with Crippen LogP contribution in [-0.4, -0.2) is 36.4 Å². The number of carbonyl (C=O) groups excluding carboxylic acids is 2. The van der Waals surface area contributed by atoms with Gasteiger partial charge in [0.15, 0.2) is 6.10 Å². The molecule has 0 aromatic heterocycles. The van der Waals surface area contributed by atoms with Gasteiger partial charge in [-0.05, 0) is 51.4 Å². The number of aliphatic hydroxyl groups is 1. The van der Waals surface area contributed by atoms with E-state index in [2.05, 4.69) is 62.5 Å². The van der Waals surface area contributed by atoms with E-state index in [1.54, 1.807) is 0 Å². The molecule has 0 saturated carbocycles. The fraction of sp³-hybridized carbons (Fsp3) is 0.815. The number of ether oxygens (including phenoxy) is 2. The van der Waals surface area contributed by atoms with E-state index in [9.17, 15) is 14.7 Å². The normalized spacial score (nSPS) is 12.5. The summed E-state index contributed by atoms with van der Waals surface area (Å²) in [6.45, 7) is 4.06. The minimum absolute atomic E-state index is 0.0621. The molecule has 0 aromatic carbocycles. The standard InChI is InChI=1S/C54H98O5/c1-3-5-7-9-11-13-15-17-19-21-23-24-25-26-27-28-29-30-31-33-35-37-39-41-43-45-47-49-54(57)59-52(50-55)51-58-53(56)48-46-44-42-40-38-36-34-32-22-20-18-16-14-12-10-8-6-4-2/h5,7,11,13,17,19,23-24,52,55H,3-4,6,8-10,12,14-16,18,20-22,25-51H2,1-2H3/b7-5-,13-11-,19-17-,24-23-. The van der Waals surface area contributed by atoms with Gasteiger partial charge in [-0.25, -0.2) is 0 Å². The summed E-state index contributed by atoms with van der Waals surface area (Å²) in [6, 6.07) is 0. The number of hydrogen-bond donors (Lipinski definition) is 1. The SMILES string of the molecule is CC/C=C\C/C=C\C/C=C\C/C=C\CCCCCCCCCCCCCCCCC(=O)OC(CO)COC(=O)CCCCCCCCCCCCCCCCCCCC. The Hall–Kier alpha value is -2.14. The molecule has 5 heteroatoms. The molecule has 0 radical (unpaired) electrons. The summed E-state index contributed by atoms with van der Waals surface area (Å²) in [5.41, 5.74) is 0. The first-order valence-corrected chi connectivity index (χ1v) is 25.7. The Labute approximate surface area is 367 Å².